The first-order valence-electron chi connectivity index (χ1n) is 6.87. The summed E-state index contributed by atoms with van der Waals surface area (Å²) in [7, 11) is 0. The van der Waals surface area contributed by atoms with E-state index in [1.807, 2.05) is 6.92 Å². The van der Waals surface area contributed by atoms with Gasteiger partial charge in [0.2, 0.25) is 0 Å². The number of esters is 1. The number of aromatic nitrogens is 2. The molecule has 21 heavy (non-hydrogen) atoms. The zero-order valence-electron chi connectivity index (χ0n) is 12.3. The van der Waals surface area contributed by atoms with Gasteiger partial charge in [0.15, 0.2) is 0 Å². The quantitative estimate of drug-likeness (QED) is 0.810. The molecule has 0 saturated carbocycles. The summed E-state index contributed by atoms with van der Waals surface area (Å²) >= 11 is 0. The Kier molecular flexibility index (Phi) is 4.62. The van der Waals surface area contributed by atoms with Crippen LogP contribution in [0.25, 0.3) is 11.3 Å². The van der Waals surface area contributed by atoms with Gasteiger partial charge in [0.05, 0.1) is 18.0 Å². The van der Waals surface area contributed by atoms with E-state index in [0.717, 1.165) is 0 Å². The van der Waals surface area contributed by atoms with Gasteiger partial charge in [-0.1, -0.05) is 6.92 Å². The molecule has 5 heteroatoms. The van der Waals surface area contributed by atoms with Crippen LogP contribution in [0.2, 0.25) is 0 Å². The number of hydrogen-bond acceptors (Lipinski definition) is 4. The molecule has 0 radical (unpaired) electrons. The number of ether oxygens (including phenoxy) is 1. The average molecular weight is 288 g/mol. The second-order valence-corrected chi connectivity index (χ2v) is 4.53. The lowest BCUT2D eigenvalue weighted by Crippen LogP contribution is -2.13. The molecule has 1 heterocycles. The minimum absolute atomic E-state index is 0.274. The van der Waals surface area contributed by atoms with Crippen molar-refractivity contribution in [2.45, 2.75) is 27.2 Å². The highest BCUT2D eigenvalue weighted by molar-refractivity contribution is 5.97. The van der Waals surface area contributed by atoms with Crippen LogP contribution >= 0.6 is 0 Å². The van der Waals surface area contributed by atoms with Crippen LogP contribution in [-0.4, -0.2) is 22.5 Å². The van der Waals surface area contributed by atoms with E-state index in [1.54, 1.807) is 26.0 Å². The minimum atomic E-state index is -0.461. The van der Waals surface area contributed by atoms with Crippen molar-refractivity contribution in [3.05, 3.63) is 47.2 Å². The summed E-state index contributed by atoms with van der Waals surface area (Å²) in [5.41, 5.74) is 2.05. The molecule has 0 unspecified atom stereocenters. The van der Waals surface area contributed by atoms with Gasteiger partial charge in [-0.05, 0) is 38.1 Å². The number of carbonyl (C=O) groups excluding carboxylic acids is 1. The Balaban J connectivity index is 2.62. The van der Waals surface area contributed by atoms with Gasteiger partial charge < -0.3 is 4.74 Å². The van der Waals surface area contributed by atoms with E-state index in [4.69, 9.17) is 4.74 Å². The van der Waals surface area contributed by atoms with Gasteiger partial charge in [0.1, 0.15) is 17.2 Å². The Bertz CT molecular complexity index is 654. The summed E-state index contributed by atoms with van der Waals surface area (Å²) in [6.45, 7) is 5.70. The van der Waals surface area contributed by atoms with Gasteiger partial charge >= 0.3 is 5.97 Å². The van der Waals surface area contributed by atoms with Crippen LogP contribution < -0.4 is 0 Å². The lowest BCUT2D eigenvalue weighted by molar-refractivity contribution is 0.0525. The van der Waals surface area contributed by atoms with E-state index < -0.39 is 5.97 Å². The molecule has 0 atom stereocenters. The lowest BCUT2D eigenvalue weighted by Gasteiger charge is -2.12. The summed E-state index contributed by atoms with van der Waals surface area (Å²) in [4.78, 5) is 20.9. The third-order valence-electron chi connectivity index (χ3n) is 3.05. The summed E-state index contributed by atoms with van der Waals surface area (Å²) in [5.74, 6) is -0.158. The van der Waals surface area contributed by atoms with Crippen molar-refractivity contribution in [3.8, 4) is 11.3 Å². The molecule has 4 nitrogen and oxygen atoms in total. The Labute approximate surface area is 123 Å². The van der Waals surface area contributed by atoms with Crippen LogP contribution in [0.3, 0.4) is 0 Å². The van der Waals surface area contributed by atoms with Crippen molar-refractivity contribution >= 4 is 5.97 Å². The predicted molar refractivity (Wildman–Crippen MR) is 77.5 cm³/mol. The molecule has 1 aromatic heterocycles. The Hall–Kier alpha value is -2.30. The van der Waals surface area contributed by atoms with Crippen LogP contribution in [0.15, 0.2) is 24.3 Å². The standard InChI is InChI=1S/C16H17FN2O2/c1-4-13-18-10(3)14(16(20)21-5-2)15(19-13)11-6-8-12(17)9-7-11/h6-9H,4-5H2,1-3H3. The molecule has 2 rings (SSSR count). The van der Waals surface area contributed by atoms with Crippen LogP contribution in [-0.2, 0) is 11.2 Å². The van der Waals surface area contributed by atoms with Gasteiger partial charge in [-0.15, -0.1) is 0 Å². The number of halogens is 1. The van der Waals surface area contributed by atoms with Gasteiger partial charge in [-0.2, -0.15) is 0 Å². The smallest absolute Gasteiger partial charge is 0.342 e. The zero-order valence-corrected chi connectivity index (χ0v) is 12.3. The third-order valence-corrected chi connectivity index (χ3v) is 3.05. The van der Waals surface area contributed by atoms with Crippen LogP contribution in [0.4, 0.5) is 4.39 Å². The van der Waals surface area contributed by atoms with Crippen molar-refractivity contribution < 1.29 is 13.9 Å². The average Bonchev–Trinajstić information content (AvgIpc) is 2.47. The largest absolute Gasteiger partial charge is 0.462 e. The highest BCUT2D eigenvalue weighted by atomic mass is 19.1. The Morgan fingerprint density at radius 2 is 1.86 bits per heavy atom. The second-order valence-electron chi connectivity index (χ2n) is 4.53. The van der Waals surface area contributed by atoms with E-state index in [0.29, 0.717) is 34.8 Å². The van der Waals surface area contributed by atoms with Crippen molar-refractivity contribution in [3.63, 3.8) is 0 Å². The first-order valence-corrected chi connectivity index (χ1v) is 6.87. The topological polar surface area (TPSA) is 52.1 Å². The number of rotatable bonds is 4. The summed E-state index contributed by atoms with van der Waals surface area (Å²) in [6, 6.07) is 5.87. The summed E-state index contributed by atoms with van der Waals surface area (Å²) in [6.07, 6.45) is 0.651. The van der Waals surface area contributed by atoms with Crippen molar-refractivity contribution in [1.29, 1.82) is 0 Å². The molecule has 0 amide bonds. The molecule has 1 aromatic carbocycles. The maximum absolute atomic E-state index is 13.1. The molecule has 0 N–H and O–H groups in total. The normalized spacial score (nSPS) is 10.5. The van der Waals surface area contributed by atoms with Crippen molar-refractivity contribution in [1.82, 2.24) is 9.97 Å². The van der Waals surface area contributed by atoms with Crippen LogP contribution in [0.5, 0.6) is 0 Å². The monoisotopic (exact) mass is 288 g/mol. The SMILES string of the molecule is CCOC(=O)c1c(C)nc(CC)nc1-c1ccc(F)cc1. The van der Waals surface area contributed by atoms with Crippen molar-refractivity contribution in [2.75, 3.05) is 6.61 Å². The fraction of sp³-hybridized carbons (Fsp3) is 0.312. The highest BCUT2D eigenvalue weighted by Gasteiger charge is 2.20. The van der Waals surface area contributed by atoms with Crippen LogP contribution in [0, 0.1) is 12.7 Å². The van der Waals surface area contributed by atoms with Crippen LogP contribution in [0.1, 0.15) is 35.7 Å². The van der Waals surface area contributed by atoms with Gasteiger partial charge in [-0.3, -0.25) is 0 Å². The molecule has 0 spiro atoms. The molecule has 0 aliphatic rings. The second kappa shape index (κ2) is 6.43. The molecule has 0 aliphatic heterocycles. The fourth-order valence-electron chi connectivity index (χ4n) is 2.05. The summed E-state index contributed by atoms with van der Waals surface area (Å²) < 4.78 is 18.2. The first kappa shape index (κ1) is 15.1. The molecule has 0 saturated heterocycles. The van der Waals surface area contributed by atoms with Gasteiger partial charge in [0, 0.05) is 12.0 Å². The predicted octanol–water partition coefficient (Wildman–Crippen LogP) is 3.33. The van der Waals surface area contributed by atoms with E-state index in [-0.39, 0.29) is 12.4 Å². The molecule has 110 valence electrons. The Morgan fingerprint density at radius 1 is 1.19 bits per heavy atom. The molecule has 0 aliphatic carbocycles. The lowest BCUT2D eigenvalue weighted by atomic mass is 10.0. The van der Waals surface area contributed by atoms with E-state index in [9.17, 15) is 9.18 Å². The first-order chi connectivity index (χ1) is 10.1. The molecule has 0 bridgehead atoms. The number of hydrogen-bond donors (Lipinski definition) is 0. The third kappa shape index (κ3) is 3.24. The molecule has 2 aromatic rings. The molecular formula is C16H17FN2O2. The number of aryl methyl sites for hydroxylation is 2. The number of carbonyl (C=O) groups is 1. The van der Waals surface area contributed by atoms with E-state index >= 15 is 0 Å². The maximum atomic E-state index is 13.1. The molecular weight excluding hydrogens is 271 g/mol. The maximum Gasteiger partial charge on any atom is 0.342 e. The van der Waals surface area contributed by atoms with Gasteiger partial charge in [0.25, 0.3) is 0 Å². The van der Waals surface area contributed by atoms with E-state index in [1.165, 1.54) is 12.1 Å². The fourth-order valence-corrected chi connectivity index (χ4v) is 2.05. The number of nitrogens with zero attached hydrogens (tertiary/aromatic N) is 2. The summed E-state index contributed by atoms with van der Waals surface area (Å²) in [5, 5.41) is 0. The van der Waals surface area contributed by atoms with Crippen molar-refractivity contribution in [2.24, 2.45) is 0 Å². The van der Waals surface area contributed by atoms with E-state index in [2.05, 4.69) is 9.97 Å². The number of benzene rings is 1. The molecule has 0 fully saturated rings. The highest BCUT2D eigenvalue weighted by Crippen LogP contribution is 2.25. The Morgan fingerprint density at radius 3 is 2.43 bits per heavy atom. The minimum Gasteiger partial charge on any atom is -0.462 e. The van der Waals surface area contributed by atoms with Gasteiger partial charge in [-0.25, -0.2) is 19.2 Å². The zero-order chi connectivity index (χ0) is 15.4.